The Morgan fingerprint density at radius 2 is 1.84 bits per heavy atom. The first-order valence-corrected chi connectivity index (χ1v) is 8.77. The number of esters is 1. The molecule has 134 valence electrons. The van der Waals surface area contributed by atoms with E-state index in [9.17, 15) is 14.4 Å². The number of amides is 3. The third kappa shape index (κ3) is 3.25. The van der Waals surface area contributed by atoms with Crippen molar-refractivity contribution in [2.75, 3.05) is 7.11 Å². The van der Waals surface area contributed by atoms with Gasteiger partial charge in [-0.15, -0.1) is 0 Å². The summed E-state index contributed by atoms with van der Waals surface area (Å²) in [7, 11) is 1.33. The summed E-state index contributed by atoms with van der Waals surface area (Å²) < 4.78 is 4.67. The Morgan fingerprint density at radius 3 is 2.44 bits per heavy atom. The Hall–Kier alpha value is -2.37. The van der Waals surface area contributed by atoms with Gasteiger partial charge in [0.25, 0.3) is 5.91 Å². The predicted molar refractivity (Wildman–Crippen MR) is 91.8 cm³/mol. The van der Waals surface area contributed by atoms with Gasteiger partial charge in [-0.25, -0.2) is 9.59 Å². The minimum atomic E-state index is -0.802. The molecule has 1 aliphatic carbocycles. The molecule has 1 aromatic rings. The molecule has 1 aliphatic heterocycles. The molecule has 2 fully saturated rings. The number of benzene rings is 1. The summed E-state index contributed by atoms with van der Waals surface area (Å²) in [6, 6.07) is 6.42. The molecule has 0 aromatic heterocycles. The van der Waals surface area contributed by atoms with Crippen LogP contribution >= 0.6 is 0 Å². The Kier molecular flexibility index (Phi) is 4.79. The fourth-order valence-corrected chi connectivity index (χ4v) is 3.86. The Balaban J connectivity index is 1.73. The lowest BCUT2D eigenvalue weighted by Gasteiger charge is -2.34. The van der Waals surface area contributed by atoms with Crippen molar-refractivity contribution >= 4 is 17.9 Å². The van der Waals surface area contributed by atoms with E-state index in [-0.39, 0.29) is 24.4 Å². The topological polar surface area (TPSA) is 75.7 Å². The molecule has 0 spiro atoms. The van der Waals surface area contributed by atoms with Crippen molar-refractivity contribution in [2.24, 2.45) is 5.92 Å². The zero-order chi connectivity index (χ0) is 18.0. The fourth-order valence-electron chi connectivity index (χ4n) is 3.86. The lowest BCUT2D eigenvalue weighted by molar-refractivity contribution is -0.133. The zero-order valence-electron chi connectivity index (χ0n) is 14.7. The fraction of sp³-hybridized carbons (Fsp3) is 0.526. The number of hydrogen-bond acceptors (Lipinski definition) is 4. The molecular formula is C19H24N2O4. The lowest BCUT2D eigenvalue weighted by atomic mass is 9.75. The summed E-state index contributed by atoms with van der Waals surface area (Å²) in [6.45, 7) is 2.05. The number of rotatable bonds is 4. The second-order valence-corrected chi connectivity index (χ2v) is 7.05. The molecule has 2 aliphatic rings. The average Bonchev–Trinajstić information content (AvgIpc) is 2.86. The standard InChI is InChI=1S/C19H24N2O4/c1-19(15-6-4-3-5-7-15)17(23)21(18(24)20-19)12-13-8-10-14(11-9-13)16(22)25-2/h8-11,15H,3-7,12H2,1-2H3,(H,20,24)/t19-/m1/s1. The number of nitrogens with zero attached hydrogens (tertiary/aromatic N) is 1. The first kappa shape index (κ1) is 17.5. The van der Waals surface area contributed by atoms with Crippen LogP contribution in [0.5, 0.6) is 0 Å². The maximum absolute atomic E-state index is 12.9. The number of carbonyl (C=O) groups excluding carboxylic acids is 3. The molecule has 25 heavy (non-hydrogen) atoms. The summed E-state index contributed by atoms with van der Waals surface area (Å²) in [5.41, 5.74) is 0.434. The molecular weight excluding hydrogens is 320 g/mol. The van der Waals surface area contributed by atoms with Crippen LogP contribution in [0.4, 0.5) is 4.79 Å². The van der Waals surface area contributed by atoms with Crippen LogP contribution in [0.25, 0.3) is 0 Å². The normalized spacial score (nSPS) is 24.3. The van der Waals surface area contributed by atoms with Gasteiger partial charge >= 0.3 is 12.0 Å². The number of hydrogen-bond donors (Lipinski definition) is 1. The maximum atomic E-state index is 12.9. The molecule has 3 amide bonds. The van der Waals surface area contributed by atoms with Crippen LogP contribution in [0.15, 0.2) is 24.3 Å². The van der Waals surface area contributed by atoms with Crippen LogP contribution in [-0.2, 0) is 16.1 Å². The van der Waals surface area contributed by atoms with Gasteiger partial charge in [0.2, 0.25) is 0 Å². The van der Waals surface area contributed by atoms with Crippen LogP contribution in [0.2, 0.25) is 0 Å². The van der Waals surface area contributed by atoms with E-state index in [1.165, 1.54) is 18.4 Å². The quantitative estimate of drug-likeness (QED) is 0.673. The van der Waals surface area contributed by atoms with E-state index >= 15 is 0 Å². The molecule has 0 radical (unpaired) electrons. The monoisotopic (exact) mass is 344 g/mol. The molecule has 1 saturated heterocycles. The Morgan fingerprint density at radius 1 is 1.20 bits per heavy atom. The summed E-state index contributed by atoms with van der Waals surface area (Å²) in [5, 5.41) is 2.92. The summed E-state index contributed by atoms with van der Waals surface area (Å²) >= 11 is 0. The van der Waals surface area contributed by atoms with Crippen molar-refractivity contribution in [3.63, 3.8) is 0 Å². The van der Waals surface area contributed by atoms with Gasteiger partial charge < -0.3 is 10.1 Å². The molecule has 6 nitrogen and oxygen atoms in total. The van der Waals surface area contributed by atoms with Crippen LogP contribution in [0.1, 0.15) is 54.9 Å². The van der Waals surface area contributed by atoms with E-state index in [1.54, 1.807) is 24.3 Å². The molecule has 1 heterocycles. The van der Waals surface area contributed by atoms with Gasteiger partial charge in [-0.05, 0) is 43.4 Å². The van der Waals surface area contributed by atoms with Gasteiger partial charge in [-0.1, -0.05) is 31.4 Å². The number of methoxy groups -OCH3 is 1. The van der Waals surface area contributed by atoms with E-state index in [0.29, 0.717) is 5.56 Å². The molecule has 6 heteroatoms. The van der Waals surface area contributed by atoms with Crippen molar-refractivity contribution in [3.05, 3.63) is 35.4 Å². The minimum absolute atomic E-state index is 0.151. The van der Waals surface area contributed by atoms with Gasteiger partial charge in [-0.2, -0.15) is 0 Å². The molecule has 1 aromatic carbocycles. The first-order chi connectivity index (χ1) is 12.0. The summed E-state index contributed by atoms with van der Waals surface area (Å²) in [6.07, 6.45) is 5.37. The van der Waals surface area contributed by atoms with Crippen molar-refractivity contribution in [2.45, 2.75) is 51.1 Å². The smallest absolute Gasteiger partial charge is 0.337 e. The first-order valence-electron chi connectivity index (χ1n) is 8.77. The van der Waals surface area contributed by atoms with Gasteiger partial charge in [0, 0.05) is 0 Å². The van der Waals surface area contributed by atoms with Crippen LogP contribution in [0.3, 0.4) is 0 Å². The minimum Gasteiger partial charge on any atom is -0.465 e. The summed E-state index contributed by atoms with van der Waals surface area (Å²) in [5.74, 6) is -0.364. The second kappa shape index (κ2) is 6.86. The highest BCUT2D eigenvalue weighted by atomic mass is 16.5. The maximum Gasteiger partial charge on any atom is 0.337 e. The van der Waals surface area contributed by atoms with Crippen LogP contribution < -0.4 is 5.32 Å². The van der Waals surface area contributed by atoms with E-state index in [2.05, 4.69) is 10.1 Å². The Bertz CT molecular complexity index is 679. The van der Waals surface area contributed by atoms with Gasteiger partial charge in [0.1, 0.15) is 5.54 Å². The number of imide groups is 1. The largest absolute Gasteiger partial charge is 0.465 e. The van der Waals surface area contributed by atoms with Crippen LogP contribution in [0, 0.1) is 5.92 Å². The number of carbonyl (C=O) groups is 3. The highest BCUT2D eigenvalue weighted by Crippen LogP contribution is 2.36. The van der Waals surface area contributed by atoms with Crippen molar-refractivity contribution in [3.8, 4) is 0 Å². The summed E-state index contributed by atoms with van der Waals surface area (Å²) in [4.78, 5) is 38.1. The molecule has 1 atom stereocenters. The molecule has 1 N–H and O–H groups in total. The third-order valence-electron chi connectivity index (χ3n) is 5.44. The zero-order valence-corrected chi connectivity index (χ0v) is 14.7. The molecule has 0 unspecified atom stereocenters. The highest BCUT2D eigenvalue weighted by Gasteiger charge is 2.52. The lowest BCUT2D eigenvalue weighted by Crippen LogP contribution is -2.51. The molecule has 3 rings (SSSR count). The van der Waals surface area contributed by atoms with Crippen LogP contribution in [-0.4, -0.2) is 35.5 Å². The van der Waals surface area contributed by atoms with E-state index in [1.807, 2.05) is 6.92 Å². The second-order valence-electron chi connectivity index (χ2n) is 7.05. The highest BCUT2D eigenvalue weighted by molar-refractivity contribution is 6.07. The van der Waals surface area contributed by atoms with Crippen molar-refractivity contribution < 1.29 is 19.1 Å². The average molecular weight is 344 g/mol. The third-order valence-corrected chi connectivity index (χ3v) is 5.44. The van der Waals surface area contributed by atoms with E-state index < -0.39 is 11.5 Å². The predicted octanol–water partition coefficient (Wildman–Crippen LogP) is 2.86. The number of ether oxygens (including phenoxy) is 1. The molecule has 1 saturated carbocycles. The molecule has 0 bridgehead atoms. The van der Waals surface area contributed by atoms with Crippen molar-refractivity contribution in [1.82, 2.24) is 10.2 Å². The number of nitrogens with one attached hydrogen (secondary N) is 1. The van der Waals surface area contributed by atoms with Crippen molar-refractivity contribution in [1.29, 1.82) is 0 Å². The van der Waals surface area contributed by atoms with E-state index in [4.69, 9.17) is 0 Å². The van der Waals surface area contributed by atoms with Gasteiger partial charge in [-0.3, -0.25) is 9.69 Å². The Labute approximate surface area is 147 Å². The van der Waals surface area contributed by atoms with E-state index in [0.717, 1.165) is 31.2 Å². The van der Waals surface area contributed by atoms with Gasteiger partial charge in [0.05, 0.1) is 19.2 Å². The number of urea groups is 1. The van der Waals surface area contributed by atoms with Gasteiger partial charge in [0.15, 0.2) is 0 Å². The SMILES string of the molecule is COC(=O)c1ccc(CN2C(=O)N[C@](C)(C3CCCCC3)C2=O)cc1.